The van der Waals surface area contributed by atoms with Crippen molar-refractivity contribution in [1.29, 1.82) is 0 Å². The Morgan fingerprint density at radius 2 is 1.80 bits per heavy atom. The van der Waals surface area contributed by atoms with Crippen LogP contribution in [0.4, 0.5) is 5.69 Å². The van der Waals surface area contributed by atoms with Crippen molar-refractivity contribution in [2.75, 3.05) is 0 Å². The molecule has 0 aliphatic carbocycles. The molecule has 1 aromatic heterocycles. The molecule has 0 saturated heterocycles. The molecule has 0 unspecified atom stereocenters. The highest BCUT2D eigenvalue weighted by molar-refractivity contribution is 6.31. The third kappa shape index (κ3) is 3.77. The van der Waals surface area contributed by atoms with E-state index >= 15 is 0 Å². The first-order chi connectivity index (χ1) is 14.4. The van der Waals surface area contributed by atoms with Gasteiger partial charge in [-0.3, -0.25) is 14.9 Å². The molecule has 0 spiro atoms. The summed E-state index contributed by atoms with van der Waals surface area (Å²) in [7, 11) is 0. The van der Waals surface area contributed by atoms with Gasteiger partial charge in [0.15, 0.2) is 5.15 Å². The first-order valence-corrected chi connectivity index (χ1v) is 9.59. The number of aryl methyl sites for hydroxylation is 1. The zero-order valence-electron chi connectivity index (χ0n) is 16.0. The summed E-state index contributed by atoms with van der Waals surface area (Å²) in [6.45, 7) is 2.42. The highest BCUT2D eigenvalue weighted by atomic mass is 35.5. The maximum Gasteiger partial charge on any atom is 0.351 e. The fraction of sp³-hybridized carbons (Fsp3) is 0.0870. The van der Waals surface area contributed by atoms with Crippen molar-refractivity contribution in [2.45, 2.75) is 13.5 Å². The van der Waals surface area contributed by atoms with Crippen LogP contribution in [0.25, 0.3) is 22.0 Å². The van der Waals surface area contributed by atoms with Crippen LogP contribution in [0, 0.1) is 17.0 Å². The first-order valence-electron chi connectivity index (χ1n) is 9.21. The highest BCUT2D eigenvalue weighted by Crippen LogP contribution is 2.32. The van der Waals surface area contributed by atoms with E-state index in [9.17, 15) is 14.9 Å². The van der Waals surface area contributed by atoms with Crippen molar-refractivity contribution < 1.29 is 9.66 Å². The summed E-state index contributed by atoms with van der Waals surface area (Å²) >= 11 is 5.88. The molecule has 0 aliphatic rings. The van der Waals surface area contributed by atoms with Gasteiger partial charge in [0.1, 0.15) is 12.4 Å². The van der Waals surface area contributed by atoms with Crippen LogP contribution in [0.1, 0.15) is 11.1 Å². The second kappa shape index (κ2) is 8.00. The molecule has 0 aliphatic heterocycles. The number of nitrogens with one attached hydrogen (secondary N) is 1. The van der Waals surface area contributed by atoms with E-state index in [2.05, 4.69) is 4.98 Å². The molecule has 1 heterocycles. The first kappa shape index (κ1) is 19.7. The Hall–Kier alpha value is -3.64. The minimum absolute atomic E-state index is 0.192. The number of hydrogen-bond acceptors (Lipinski definition) is 4. The minimum atomic E-state index is -0.772. The lowest BCUT2D eigenvalue weighted by Crippen LogP contribution is -2.10. The summed E-state index contributed by atoms with van der Waals surface area (Å²) in [4.78, 5) is 25.8. The third-order valence-corrected chi connectivity index (χ3v) is 5.10. The van der Waals surface area contributed by atoms with Gasteiger partial charge in [-0.15, -0.1) is 0 Å². The van der Waals surface area contributed by atoms with Crippen LogP contribution >= 0.6 is 11.6 Å². The molecule has 0 radical (unpaired) electrons. The number of para-hydroxylation sites is 1. The Kier molecular flexibility index (Phi) is 5.25. The standard InChI is InChI=1S/C23H17ClN2O4/c1-14-6-8-15(9-7-14)13-30-20-5-3-2-4-17(20)16-10-11-19-18(12-16)22(27)21(26(28)29)23(24)25-19/h2-12H,13H2,1H3,(H,25,27). The quantitative estimate of drug-likeness (QED) is 0.257. The molecule has 0 fully saturated rings. The van der Waals surface area contributed by atoms with Crippen molar-refractivity contribution in [2.24, 2.45) is 0 Å². The number of hydrogen-bond donors (Lipinski definition) is 1. The highest BCUT2D eigenvalue weighted by Gasteiger charge is 2.21. The number of pyridine rings is 1. The molecular weight excluding hydrogens is 404 g/mol. The van der Waals surface area contributed by atoms with Crippen molar-refractivity contribution >= 4 is 28.2 Å². The van der Waals surface area contributed by atoms with E-state index in [4.69, 9.17) is 16.3 Å². The predicted octanol–water partition coefficient (Wildman–Crippen LogP) is 5.64. The Labute approximate surface area is 176 Å². The zero-order chi connectivity index (χ0) is 21.3. The van der Waals surface area contributed by atoms with Crippen LogP contribution in [0.5, 0.6) is 5.75 Å². The van der Waals surface area contributed by atoms with Crippen LogP contribution < -0.4 is 10.2 Å². The van der Waals surface area contributed by atoms with Gasteiger partial charge in [0.05, 0.1) is 15.8 Å². The van der Waals surface area contributed by atoms with E-state index in [0.29, 0.717) is 23.4 Å². The summed E-state index contributed by atoms with van der Waals surface area (Å²) in [5, 5.41) is 11.1. The van der Waals surface area contributed by atoms with E-state index in [1.54, 1.807) is 12.1 Å². The number of halogens is 1. The minimum Gasteiger partial charge on any atom is -0.488 e. The maximum atomic E-state index is 12.6. The molecule has 3 aromatic carbocycles. The number of nitro groups is 1. The maximum absolute atomic E-state index is 12.6. The van der Waals surface area contributed by atoms with Gasteiger partial charge in [0.2, 0.25) is 0 Å². The smallest absolute Gasteiger partial charge is 0.351 e. The van der Waals surface area contributed by atoms with E-state index in [-0.39, 0.29) is 10.5 Å². The largest absolute Gasteiger partial charge is 0.488 e. The number of aromatic amines is 1. The predicted molar refractivity (Wildman–Crippen MR) is 117 cm³/mol. The number of ether oxygens (including phenoxy) is 1. The molecular formula is C23H17ClN2O4. The molecule has 0 saturated carbocycles. The van der Waals surface area contributed by atoms with Crippen molar-refractivity contribution in [3.63, 3.8) is 0 Å². The fourth-order valence-corrected chi connectivity index (χ4v) is 3.51. The van der Waals surface area contributed by atoms with Gasteiger partial charge >= 0.3 is 5.69 Å². The average molecular weight is 421 g/mol. The lowest BCUT2D eigenvalue weighted by atomic mass is 10.0. The van der Waals surface area contributed by atoms with Crippen LogP contribution in [0.2, 0.25) is 5.15 Å². The van der Waals surface area contributed by atoms with E-state index in [1.165, 1.54) is 5.56 Å². The van der Waals surface area contributed by atoms with Gasteiger partial charge in [-0.25, -0.2) is 0 Å². The van der Waals surface area contributed by atoms with Gasteiger partial charge in [0.25, 0.3) is 5.43 Å². The summed E-state index contributed by atoms with van der Waals surface area (Å²) in [6, 6.07) is 20.6. The normalized spacial score (nSPS) is 10.9. The number of rotatable bonds is 5. The van der Waals surface area contributed by atoms with Crippen LogP contribution in [0.3, 0.4) is 0 Å². The Bertz CT molecular complexity index is 1310. The molecule has 7 heteroatoms. The molecule has 6 nitrogen and oxygen atoms in total. The molecule has 30 heavy (non-hydrogen) atoms. The lowest BCUT2D eigenvalue weighted by Gasteiger charge is -2.12. The summed E-state index contributed by atoms with van der Waals surface area (Å²) < 4.78 is 6.03. The monoisotopic (exact) mass is 420 g/mol. The van der Waals surface area contributed by atoms with Crippen molar-refractivity contribution in [1.82, 2.24) is 4.98 Å². The van der Waals surface area contributed by atoms with Crippen LogP contribution in [0.15, 0.2) is 71.5 Å². The Balaban J connectivity index is 1.74. The SMILES string of the molecule is Cc1ccc(COc2ccccc2-c2ccc3[nH]c(Cl)c([N+](=O)[O-])c(=O)c3c2)cc1. The molecule has 1 N–H and O–H groups in total. The molecule has 4 aromatic rings. The molecule has 0 amide bonds. The van der Waals surface area contributed by atoms with Crippen molar-refractivity contribution in [3.05, 3.63) is 103 Å². The van der Waals surface area contributed by atoms with Crippen LogP contribution in [-0.4, -0.2) is 9.91 Å². The van der Waals surface area contributed by atoms with E-state index < -0.39 is 16.0 Å². The van der Waals surface area contributed by atoms with Crippen LogP contribution in [-0.2, 0) is 6.61 Å². The van der Waals surface area contributed by atoms with Gasteiger partial charge < -0.3 is 9.72 Å². The number of nitrogens with zero attached hydrogens (tertiary/aromatic N) is 1. The van der Waals surface area contributed by atoms with Gasteiger partial charge in [-0.2, -0.15) is 0 Å². The van der Waals surface area contributed by atoms with Gasteiger partial charge in [-0.05, 0) is 36.2 Å². The lowest BCUT2D eigenvalue weighted by molar-refractivity contribution is -0.386. The number of benzene rings is 3. The molecule has 150 valence electrons. The summed E-state index contributed by atoms with van der Waals surface area (Å²) in [6.07, 6.45) is 0. The van der Waals surface area contributed by atoms with Gasteiger partial charge in [0, 0.05) is 5.56 Å². The van der Waals surface area contributed by atoms with E-state index in [1.807, 2.05) is 61.5 Å². The molecule has 4 rings (SSSR count). The summed E-state index contributed by atoms with van der Waals surface area (Å²) in [5.41, 5.74) is 2.75. The Morgan fingerprint density at radius 3 is 2.53 bits per heavy atom. The second-order valence-electron chi connectivity index (χ2n) is 6.90. The van der Waals surface area contributed by atoms with E-state index in [0.717, 1.165) is 11.1 Å². The number of aromatic nitrogens is 1. The third-order valence-electron chi connectivity index (χ3n) is 4.83. The average Bonchev–Trinajstić information content (AvgIpc) is 2.73. The molecule has 0 atom stereocenters. The fourth-order valence-electron chi connectivity index (χ4n) is 3.25. The molecule has 0 bridgehead atoms. The van der Waals surface area contributed by atoms with Gasteiger partial charge in [-0.1, -0.05) is 65.7 Å². The second-order valence-corrected chi connectivity index (χ2v) is 7.28. The topological polar surface area (TPSA) is 85.2 Å². The summed E-state index contributed by atoms with van der Waals surface area (Å²) in [5.74, 6) is 0.650. The van der Waals surface area contributed by atoms with Crippen molar-refractivity contribution in [3.8, 4) is 16.9 Å². The Morgan fingerprint density at radius 1 is 1.07 bits per heavy atom. The number of H-pyrrole nitrogens is 1. The number of fused-ring (bicyclic) bond motifs is 1. The zero-order valence-corrected chi connectivity index (χ0v) is 16.8.